The monoisotopic (exact) mass is 294 g/mol. The molecule has 0 aliphatic heterocycles. The van der Waals surface area contributed by atoms with Crippen LogP contribution in [-0.2, 0) is 16.6 Å². The zero-order chi connectivity index (χ0) is 12.9. The Morgan fingerprint density at radius 3 is 2.76 bits per heavy atom. The minimum atomic E-state index is -3.33. The third-order valence-corrected chi connectivity index (χ3v) is 5.98. The first-order chi connectivity index (χ1) is 8.01. The standard InChI is InChI=1S/C10H18N2O2S3/c1-8-6-10(16-9(8)7-11-2)17(13,14)12-4-5-15-3/h6,11-12H,4-5,7H2,1-3H3. The first-order valence-corrected chi connectivity index (χ1v) is 8.93. The van der Waals surface area contributed by atoms with Crippen molar-refractivity contribution >= 4 is 33.1 Å². The number of thiophene rings is 1. The fourth-order valence-corrected chi connectivity index (χ4v) is 4.42. The van der Waals surface area contributed by atoms with E-state index in [-0.39, 0.29) is 0 Å². The second-order valence-electron chi connectivity index (χ2n) is 3.59. The maximum absolute atomic E-state index is 11.9. The van der Waals surface area contributed by atoms with E-state index in [1.54, 1.807) is 17.8 Å². The molecular formula is C10H18N2O2S3. The summed E-state index contributed by atoms with van der Waals surface area (Å²) >= 11 is 2.95. The van der Waals surface area contributed by atoms with Gasteiger partial charge >= 0.3 is 0 Å². The van der Waals surface area contributed by atoms with E-state index in [1.807, 2.05) is 20.2 Å². The quantitative estimate of drug-likeness (QED) is 0.747. The van der Waals surface area contributed by atoms with Crippen molar-refractivity contribution in [2.75, 3.05) is 25.6 Å². The van der Waals surface area contributed by atoms with E-state index in [0.717, 1.165) is 16.2 Å². The van der Waals surface area contributed by atoms with Gasteiger partial charge in [-0.15, -0.1) is 11.3 Å². The zero-order valence-electron chi connectivity index (χ0n) is 10.2. The molecule has 98 valence electrons. The second-order valence-corrected chi connectivity index (χ2v) is 7.71. The molecule has 17 heavy (non-hydrogen) atoms. The minimum Gasteiger partial charge on any atom is -0.315 e. The van der Waals surface area contributed by atoms with Gasteiger partial charge in [-0.3, -0.25) is 0 Å². The summed E-state index contributed by atoms with van der Waals surface area (Å²) in [6.45, 7) is 3.11. The molecule has 2 N–H and O–H groups in total. The molecule has 0 aliphatic rings. The van der Waals surface area contributed by atoms with E-state index in [4.69, 9.17) is 0 Å². The molecule has 1 aromatic heterocycles. The van der Waals surface area contributed by atoms with Gasteiger partial charge in [-0.2, -0.15) is 11.8 Å². The Morgan fingerprint density at radius 1 is 1.47 bits per heavy atom. The van der Waals surface area contributed by atoms with Crippen molar-refractivity contribution < 1.29 is 8.42 Å². The van der Waals surface area contributed by atoms with E-state index in [9.17, 15) is 8.42 Å². The van der Waals surface area contributed by atoms with Gasteiger partial charge in [-0.25, -0.2) is 13.1 Å². The molecule has 7 heteroatoms. The van der Waals surface area contributed by atoms with Crippen LogP contribution in [-0.4, -0.2) is 34.0 Å². The summed E-state index contributed by atoms with van der Waals surface area (Å²) in [4.78, 5) is 1.07. The predicted molar refractivity (Wildman–Crippen MR) is 75.4 cm³/mol. The number of nitrogens with one attached hydrogen (secondary N) is 2. The molecule has 4 nitrogen and oxygen atoms in total. The number of sulfonamides is 1. The number of thioether (sulfide) groups is 1. The molecule has 0 saturated heterocycles. The van der Waals surface area contributed by atoms with Crippen LogP contribution in [0.2, 0.25) is 0 Å². The molecule has 1 heterocycles. The molecule has 0 aliphatic carbocycles. The lowest BCUT2D eigenvalue weighted by Crippen LogP contribution is -2.25. The molecule has 0 fully saturated rings. The average Bonchev–Trinajstić information content (AvgIpc) is 2.62. The van der Waals surface area contributed by atoms with Gasteiger partial charge in [0.15, 0.2) is 0 Å². The second kappa shape index (κ2) is 6.75. The number of hydrogen-bond acceptors (Lipinski definition) is 5. The normalized spacial score (nSPS) is 11.9. The Balaban J connectivity index is 2.80. The van der Waals surface area contributed by atoms with E-state index in [2.05, 4.69) is 10.0 Å². The van der Waals surface area contributed by atoms with Gasteiger partial charge in [0.2, 0.25) is 10.0 Å². The third-order valence-electron chi connectivity index (χ3n) is 2.20. The molecule has 1 aromatic rings. The summed E-state index contributed by atoms with van der Waals surface area (Å²) < 4.78 is 26.9. The Morgan fingerprint density at radius 2 is 2.18 bits per heavy atom. The van der Waals surface area contributed by atoms with Gasteiger partial charge in [0.1, 0.15) is 4.21 Å². The van der Waals surface area contributed by atoms with Crippen LogP contribution < -0.4 is 10.0 Å². The summed E-state index contributed by atoms with van der Waals surface area (Å²) in [6.07, 6.45) is 1.95. The molecule has 0 unspecified atom stereocenters. The SMILES string of the molecule is CNCc1sc(S(=O)(=O)NCCSC)cc1C. The van der Waals surface area contributed by atoms with Crippen molar-refractivity contribution in [2.24, 2.45) is 0 Å². The highest BCUT2D eigenvalue weighted by Gasteiger charge is 2.17. The lowest BCUT2D eigenvalue weighted by atomic mass is 10.3. The highest BCUT2D eigenvalue weighted by Crippen LogP contribution is 2.25. The van der Waals surface area contributed by atoms with Crippen LogP contribution in [0.15, 0.2) is 10.3 Å². The van der Waals surface area contributed by atoms with Gasteiger partial charge in [-0.1, -0.05) is 0 Å². The van der Waals surface area contributed by atoms with Crippen LogP contribution in [0, 0.1) is 6.92 Å². The number of aryl methyl sites for hydroxylation is 1. The maximum atomic E-state index is 11.9. The first-order valence-electron chi connectivity index (χ1n) is 5.23. The van der Waals surface area contributed by atoms with Crippen molar-refractivity contribution in [1.29, 1.82) is 0 Å². The maximum Gasteiger partial charge on any atom is 0.250 e. The minimum absolute atomic E-state index is 0.404. The fraction of sp³-hybridized carbons (Fsp3) is 0.600. The van der Waals surface area contributed by atoms with Crippen LogP contribution in [0.25, 0.3) is 0 Å². The van der Waals surface area contributed by atoms with E-state index in [1.165, 1.54) is 11.3 Å². The Bertz CT molecular complexity index is 454. The average molecular weight is 294 g/mol. The fourth-order valence-electron chi connectivity index (χ4n) is 1.31. The van der Waals surface area contributed by atoms with Gasteiger partial charge in [-0.05, 0) is 31.9 Å². The predicted octanol–water partition coefficient (Wildman–Crippen LogP) is 1.42. The molecule has 0 atom stereocenters. The topological polar surface area (TPSA) is 58.2 Å². The van der Waals surface area contributed by atoms with Crippen LogP contribution in [0.3, 0.4) is 0 Å². The summed E-state index contributed by atoms with van der Waals surface area (Å²) in [5.41, 5.74) is 1.02. The largest absolute Gasteiger partial charge is 0.315 e. The van der Waals surface area contributed by atoms with E-state index >= 15 is 0 Å². The highest BCUT2D eigenvalue weighted by atomic mass is 32.2. The highest BCUT2D eigenvalue weighted by molar-refractivity contribution is 7.98. The third kappa shape index (κ3) is 4.26. The Hall–Kier alpha value is -0.0800. The summed E-state index contributed by atoms with van der Waals surface area (Å²) in [5, 5.41) is 3.03. The molecule has 0 radical (unpaired) electrons. The van der Waals surface area contributed by atoms with Crippen molar-refractivity contribution in [2.45, 2.75) is 17.7 Å². The van der Waals surface area contributed by atoms with Crippen LogP contribution >= 0.6 is 23.1 Å². The van der Waals surface area contributed by atoms with Crippen molar-refractivity contribution in [3.63, 3.8) is 0 Å². The molecule has 0 aromatic carbocycles. The van der Waals surface area contributed by atoms with Crippen LogP contribution in [0.1, 0.15) is 10.4 Å². The number of rotatable bonds is 7. The summed E-state index contributed by atoms with van der Waals surface area (Å²) in [7, 11) is -1.47. The van der Waals surface area contributed by atoms with Crippen molar-refractivity contribution in [3.8, 4) is 0 Å². The Labute approximate surface area is 111 Å². The molecule has 0 spiro atoms. The molecular weight excluding hydrogens is 276 g/mol. The first kappa shape index (κ1) is 15.0. The van der Waals surface area contributed by atoms with Gasteiger partial charge in [0.05, 0.1) is 0 Å². The van der Waals surface area contributed by atoms with Crippen LogP contribution in [0.5, 0.6) is 0 Å². The Kier molecular flexibility index (Phi) is 5.94. The van der Waals surface area contributed by atoms with Gasteiger partial charge in [0.25, 0.3) is 0 Å². The molecule has 0 saturated carbocycles. The lowest BCUT2D eigenvalue weighted by molar-refractivity contribution is 0.586. The molecule has 0 amide bonds. The molecule has 0 bridgehead atoms. The number of hydrogen-bond donors (Lipinski definition) is 2. The lowest BCUT2D eigenvalue weighted by Gasteiger charge is -2.02. The van der Waals surface area contributed by atoms with Crippen molar-refractivity contribution in [1.82, 2.24) is 10.0 Å². The van der Waals surface area contributed by atoms with Crippen molar-refractivity contribution in [3.05, 3.63) is 16.5 Å². The van der Waals surface area contributed by atoms with E-state index in [0.29, 0.717) is 17.3 Å². The smallest absolute Gasteiger partial charge is 0.250 e. The summed E-state index contributed by atoms with van der Waals surface area (Å²) in [6, 6.07) is 1.73. The molecule has 1 rings (SSSR count). The van der Waals surface area contributed by atoms with E-state index < -0.39 is 10.0 Å². The summed E-state index contributed by atoms with van der Waals surface area (Å²) in [5.74, 6) is 0.785. The zero-order valence-corrected chi connectivity index (χ0v) is 12.7. The van der Waals surface area contributed by atoms with Crippen LogP contribution in [0.4, 0.5) is 0 Å². The van der Waals surface area contributed by atoms with Gasteiger partial charge in [0, 0.05) is 23.7 Å². The van der Waals surface area contributed by atoms with Gasteiger partial charge < -0.3 is 5.32 Å².